The van der Waals surface area contributed by atoms with Crippen molar-refractivity contribution in [2.75, 3.05) is 4.72 Å². The highest BCUT2D eigenvalue weighted by Gasteiger charge is 2.25. The Morgan fingerprint density at radius 2 is 1.73 bits per heavy atom. The van der Waals surface area contributed by atoms with E-state index in [0.717, 1.165) is 22.9 Å². The number of sulfonamides is 1. The number of hydrogen-bond donors (Lipinski definition) is 1. The third-order valence-electron chi connectivity index (χ3n) is 4.00. The molecule has 1 N–H and O–H groups in total. The van der Waals surface area contributed by atoms with E-state index >= 15 is 0 Å². The van der Waals surface area contributed by atoms with Crippen LogP contribution in [-0.4, -0.2) is 26.9 Å². The van der Waals surface area contributed by atoms with Crippen LogP contribution < -0.4 is 4.72 Å². The molecule has 0 spiro atoms. The second-order valence-corrected chi connectivity index (χ2v) is 7.97. The van der Waals surface area contributed by atoms with E-state index in [9.17, 15) is 8.42 Å². The zero-order valence-corrected chi connectivity index (χ0v) is 15.7. The number of aryl methyl sites for hydroxylation is 1. The molecule has 0 radical (unpaired) electrons. The van der Waals surface area contributed by atoms with Gasteiger partial charge in [0.2, 0.25) is 0 Å². The Morgan fingerprint density at radius 3 is 2.50 bits per heavy atom. The Labute approximate surface area is 154 Å². The van der Waals surface area contributed by atoms with Gasteiger partial charge in [0.1, 0.15) is 15.9 Å². The molecular weight excluding hydrogens is 370 g/mol. The summed E-state index contributed by atoms with van der Waals surface area (Å²) in [6, 6.07) is 14.5. The van der Waals surface area contributed by atoms with Crippen molar-refractivity contribution >= 4 is 38.5 Å². The lowest BCUT2D eigenvalue weighted by molar-refractivity contribution is 0.600. The maximum atomic E-state index is 13.0. The summed E-state index contributed by atoms with van der Waals surface area (Å²) in [6.07, 6.45) is 0. The van der Waals surface area contributed by atoms with Gasteiger partial charge in [-0.25, -0.2) is 13.1 Å². The number of para-hydroxylation sites is 1. The SMILES string of the molecule is Cc1nn(-c2ccccc2)c(C)c1S(=O)(=O)Nc1ccc2nsnc2c1. The van der Waals surface area contributed by atoms with E-state index in [2.05, 4.69) is 18.6 Å². The number of benzene rings is 2. The minimum absolute atomic E-state index is 0.179. The fourth-order valence-corrected chi connectivity index (χ4v) is 4.85. The summed E-state index contributed by atoms with van der Waals surface area (Å²) >= 11 is 1.09. The maximum Gasteiger partial charge on any atom is 0.265 e. The Balaban J connectivity index is 1.75. The number of rotatable bonds is 4. The normalized spacial score (nSPS) is 11.8. The van der Waals surface area contributed by atoms with Gasteiger partial charge in [-0.1, -0.05) is 18.2 Å². The summed E-state index contributed by atoms with van der Waals surface area (Å²) in [5, 5.41) is 4.41. The summed E-state index contributed by atoms with van der Waals surface area (Å²) < 4.78 is 38.4. The minimum Gasteiger partial charge on any atom is -0.279 e. The van der Waals surface area contributed by atoms with Crippen LogP contribution in [0.25, 0.3) is 16.7 Å². The zero-order chi connectivity index (χ0) is 18.3. The van der Waals surface area contributed by atoms with Gasteiger partial charge >= 0.3 is 0 Å². The summed E-state index contributed by atoms with van der Waals surface area (Å²) in [6.45, 7) is 3.43. The van der Waals surface area contributed by atoms with Crippen molar-refractivity contribution in [1.29, 1.82) is 0 Å². The molecule has 0 amide bonds. The molecule has 7 nitrogen and oxygen atoms in total. The molecule has 2 heterocycles. The lowest BCUT2D eigenvalue weighted by Gasteiger charge is -2.09. The Kier molecular flexibility index (Phi) is 3.97. The molecule has 4 aromatic rings. The fourth-order valence-electron chi connectivity index (χ4n) is 2.89. The van der Waals surface area contributed by atoms with E-state index < -0.39 is 10.0 Å². The van der Waals surface area contributed by atoms with Gasteiger partial charge in [0, 0.05) is 0 Å². The van der Waals surface area contributed by atoms with E-state index in [1.807, 2.05) is 30.3 Å². The van der Waals surface area contributed by atoms with Crippen LogP contribution >= 0.6 is 11.7 Å². The minimum atomic E-state index is -3.79. The number of fused-ring (bicyclic) bond motifs is 1. The van der Waals surface area contributed by atoms with Crippen molar-refractivity contribution in [2.45, 2.75) is 18.7 Å². The molecule has 0 saturated heterocycles. The van der Waals surface area contributed by atoms with Gasteiger partial charge < -0.3 is 0 Å². The van der Waals surface area contributed by atoms with Crippen molar-refractivity contribution in [3.63, 3.8) is 0 Å². The highest BCUT2D eigenvalue weighted by atomic mass is 32.2. The molecule has 0 fully saturated rings. The van der Waals surface area contributed by atoms with Gasteiger partial charge in [-0.15, -0.1) is 0 Å². The monoisotopic (exact) mass is 385 g/mol. The Hall–Kier alpha value is -2.78. The fraction of sp³-hybridized carbons (Fsp3) is 0.118. The smallest absolute Gasteiger partial charge is 0.265 e. The summed E-state index contributed by atoms with van der Waals surface area (Å²) in [5.41, 5.74) is 3.64. The van der Waals surface area contributed by atoms with Crippen molar-refractivity contribution in [3.8, 4) is 5.69 Å². The molecule has 2 aromatic carbocycles. The number of nitrogens with one attached hydrogen (secondary N) is 1. The molecule has 0 saturated carbocycles. The van der Waals surface area contributed by atoms with E-state index in [-0.39, 0.29) is 4.90 Å². The zero-order valence-electron chi connectivity index (χ0n) is 14.0. The Morgan fingerprint density at radius 1 is 1.00 bits per heavy atom. The average Bonchev–Trinajstić information content (AvgIpc) is 3.19. The summed E-state index contributed by atoms with van der Waals surface area (Å²) in [4.78, 5) is 0.179. The molecular formula is C17H15N5O2S2. The van der Waals surface area contributed by atoms with Gasteiger partial charge in [0.25, 0.3) is 10.0 Å². The van der Waals surface area contributed by atoms with Gasteiger partial charge in [0.15, 0.2) is 0 Å². The first-order valence-corrected chi connectivity index (χ1v) is 10.0. The van der Waals surface area contributed by atoms with Gasteiger partial charge in [-0.3, -0.25) is 4.72 Å². The second kappa shape index (κ2) is 6.19. The van der Waals surface area contributed by atoms with E-state index in [4.69, 9.17) is 0 Å². The van der Waals surface area contributed by atoms with E-state index in [1.165, 1.54) is 0 Å². The predicted octanol–water partition coefficient (Wildman–Crippen LogP) is 3.29. The van der Waals surface area contributed by atoms with Gasteiger partial charge in [-0.2, -0.15) is 13.8 Å². The predicted molar refractivity (Wildman–Crippen MR) is 101 cm³/mol. The largest absolute Gasteiger partial charge is 0.279 e. The molecule has 4 rings (SSSR count). The van der Waals surface area contributed by atoms with Crippen LogP contribution in [0.3, 0.4) is 0 Å². The third kappa shape index (κ3) is 2.85. The number of hydrogen-bond acceptors (Lipinski definition) is 6. The lowest BCUT2D eigenvalue weighted by Crippen LogP contribution is -2.15. The van der Waals surface area contributed by atoms with Crippen molar-refractivity contribution < 1.29 is 8.42 Å². The first kappa shape index (κ1) is 16.7. The molecule has 26 heavy (non-hydrogen) atoms. The highest BCUT2D eigenvalue weighted by Crippen LogP contribution is 2.26. The first-order valence-electron chi connectivity index (χ1n) is 7.82. The van der Waals surface area contributed by atoms with Crippen molar-refractivity contribution in [1.82, 2.24) is 18.5 Å². The van der Waals surface area contributed by atoms with Crippen LogP contribution in [0.5, 0.6) is 0 Å². The van der Waals surface area contributed by atoms with E-state index in [0.29, 0.717) is 22.6 Å². The molecule has 0 aliphatic heterocycles. The van der Waals surface area contributed by atoms with Crippen LogP contribution in [0.2, 0.25) is 0 Å². The standard InChI is InChI=1S/C17H15N5O2S2/c1-11-17(12(2)22(18-11)14-6-4-3-5-7-14)26(23,24)21-13-8-9-15-16(10-13)20-25-19-15/h3-10,21H,1-2H3. The number of anilines is 1. The second-order valence-electron chi connectivity index (χ2n) is 5.82. The maximum absolute atomic E-state index is 13.0. The van der Waals surface area contributed by atoms with Gasteiger partial charge in [0.05, 0.1) is 34.5 Å². The molecule has 0 atom stereocenters. The van der Waals surface area contributed by atoms with Crippen molar-refractivity contribution in [2.24, 2.45) is 0 Å². The van der Waals surface area contributed by atoms with Crippen LogP contribution in [0.4, 0.5) is 5.69 Å². The van der Waals surface area contributed by atoms with Crippen LogP contribution in [-0.2, 0) is 10.0 Å². The number of aromatic nitrogens is 4. The average molecular weight is 385 g/mol. The molecule has 0 aliphatic carbocycles. The van der Waals surface area contributed by atoms with Crippen LogP contribution in [0.1, 0.15) is 11.4 Å². The first-order chi connectivity index (χ1) is 12.5. The third-order valence-corrected chi connectivity index (χ3v) is 6.19. The van der Waals surface area contributed by atoms with Crippen molar-refractivity contribution in [3.05, 3.63) is 59.9 Å². The van der Waals surface area contributed by atoms with Crippen LogP contribution in [0.15, 0.2) is 53.4 Å². The van der Waals surface area contributed by atoms with E-state index in [1.54, 1.807) is 36.7 Å². The summed E-state index contributed by atoms with van der Waals surface area (Å²) in [5.74, 6) is 0. The molecule has 132 valence electrons. The van der Waals surface area contributed by atoms with Gasteiger partial charge in [-0.05, 0) is 44.2 Å². The molecule has 2 aromatic heterocycles. The lowest BCUT2D eigenvalue weighted by atomic mass is 10.3. The highest BCUT2D eigenvalue weighted by molar-refractivity contribution is 7.92. The summed E-state index contributed by atoms with van der Waals surface area (Å²) in [7, 11) is -3.79. The Bertz CT molecular complexity index is 1200. The molecule has 0 aliphatic rings. The quantitative estimate of drug-likeness (QED) is 0.582. The van der Waals surface area contributed by atoms with Crippen LogP contribution in [0, 0.1) is 13.8 Å². The molecule has 9 heteroatoms. The topological polar surface area (TPSA) is 89.8 Å². The number of nitrogens with zero attached hydrogens (tertiary/aromatic N) is 4. The molecule has 0 unspecified atom stereocenters. The molecule has 0 bridgehead atoms.